The Kier molecular flexibility index (Phi) is 3.70. The maximum Gasteiger partial charge on any atom is 0.260 e. The average molecular weight is 348 g/mol. The Hall–Kier alpha value is -2.21. The summed E-state index contributed by atoms with van der Waals surface area (Å²) in [4.78, 5) is 4.22. The summed E-state index contributed by atoms with van der Waals surface area (Å²) in [5.41, 5.74) is 7.16. The lowest BCUT2D eigenvalue weighted by molar-refractivity contribution is 0.421. The molecule has 0 aliphatic rings. The SMILES string of the molecule is Nc1ccc(-c2nc(Cc3ccc(Br)cc3)no2)c(F)c1. The van der Waals surface area contributed by atoms with Crippen molar-refractivity contribution >= 4 is 21.6 Å². The van der Waals surface area contributed by atoms with E-state index in [9.17, 15) is 4.39 Å². The van der Waals surface area contributed by atoms with Crippen molar-refractivity contribution in [1.29, 1.82) is 0 Å². The van der Waals surface area contributed by atoms with Crippen LogP contribution in [-0.2, 0) is 6.42 Å². The first-order chi connectivity index (χ1) is 10.1. The number of halogens is 2. The van der Waals surface area contributed by atoms with Crippen LogP contribution in [0.2, 0.25) is 0 Å². The Labute approximate surface area is 128 Å². The molecule has 0 spiro atoms. The Morgan fingerprint density at radius 1 is 1.14 bits per heavy atom. The topological polar surface area (TPSA) is 64.9 Å². The number of rotatable bonds is 3. The molecule has 0 saturated heterocycles. The summed E-state index contributed by atoms with van der Waals surface area (Å²) in [7, 11) is 0. The van der Waals surface area contributed by atoms with Crippen LogP contribution in [0.3, 0.4) is 0 Å². The van der Waals surface area contributed by atoms with Gasteiger partial charge in [-0.05, 0) is 35.9 Å². The summed E-state index contributed by atoms with van der Waals surface area (Å²) in [6, 6.07) is 12.2. The minimum atomic E-state index is -0.478. The van der Waals surface area contributed by atoms with E-state index in [-0.39, 0.29) is 11.5 Å². The van der Waals surface area contributed by atoms with E-state index in [1.54, 1.807) is 6.07 Å². The first-order valence-corrected chi connectivity index (χ1v) is 7.03. The molecule has 0 radical (unpaired) electrons. The third-order valence-electron chi connectivity index (χ3n) is 2.97. The Morgan fingerprint density at radius 2 is 1.90 bits per heavy atom. The van der Waals surface area contributed by atoms with Gasteiger partial charge in [-0.1, -0.05) is 33.2 Å². The van der Waals surface area contributed by atoms with Gasteiger partial charge in [0, 0.05) is 16.6 Å². The van der Waals surface area contributed by atoms with Crippen LogP contribution < -0.4 is 5.73 Å². The van der Waals surface area contributed by atoms with Crippen molar-refractivity contribution in [2.45, 2.75) is 6.42 Å². The molecule has 0 atom stereocenters. The van der Waals surface area contributed by atoms with Crippen LogP contribution in [0.1, 0.15) is 11.4 Å². The second-order valence-corrected chi connectivity index (χ2v) is 5.47. The summed E-state index contributed by atoms with van der Waals surface area (Å²) < 4.78 is 19.9. The Bertz CT molecular complexity index is 771. The molecule has 0 aliphatic carbocycles. The monoisotopic (exact) mass is 347 g/mol. The molecule has 21 heavy (non-hydrogen) atoms. The third-order valence-corrected chi connectivity index (χ3v) is 3.50. The summed E-state index contributed by atoms with van der Waals surface area (Å²) >= 11 is 3.38. The predicted octanol–water partition coefficient (Wildman–Crippen LogP) is 3.81. The maximum atomic E-state index is 13.8. The smallest absolute Gasteiger partial charge is 0.260 e. The van der Waals surface area contributed by atoms with E-state index in [4.69, 9.17) is 10.3 Å². The lowest BCUT2D eigenvalue weighted by Gasteiger charge is -1.98. The number of nitrogen functional groups attached to an aromatic ring is 1. The van der Waals surface area contributed by atoms with Crippen LogP contribution in [0.15, 0.2) is 51.5 Å². The van der Waals surface area contributed by atoms with Gasteiger partial charge in [0.25, 0.3) is 5.89 Å². The normalized spacial score (nSPS) is 10.8. The molecular weight excluding hydrogens is 337 g/mol. The predicted molar refractivity (Wildman–Crippen MR) is 81.1 cm³/mol. The highest BCUT2D eigenvalue weighted by molar-refractivity contribution is 9.10. The number of nitrogens with zero attached hydrogens (tertiary/aromatic N) is 2. The van der Waals surface area contributed by atoms with Crippen LogP contribution in [0.25, 0.3) is 11.5 Å². The number of nitrogens with two attached hydrogens (primary N) is 1. The molecule has 0 fully saturated rings. The molecule has 0 aliphatic heterocycles. The summed E-state index contributed by atoms with van der Waals surface area (Å²) in [5, 5.41) is 3.88. The zero-order chi connectivity index (χ0) is 14.8. The van der Waals surface area contributed by atoms with Crippen LogP contribution >= 0.6 is 15.9 Å². The zero-order valence-electron chi connectivity index (χ0n) is 10.9. The van der Waals surface area contributed by atoms with Crippen LogP contribution in [0.4, 0.5) is 10.1 Å². The standard InChI is InChI=1S/C15H11BrFN3O/c16-10-3-1-9(2-4-10)7-14-19-15(21-20-14)12-6-5-11(18)8-13(12)17/h1-6,8H,7,18H2. The number of aromatic nitrogens is 2. The van der Waals surface area contributed by atoms with E-state index in [0.717, 1.165) is 10.0 Å². The number of hydrogen-bond acceptors (Lipinski definition) is 4. The van der Waals surface area contributed by atoms with Gasteiger partial charge in [0.15, 0.2) is 5.82 Å². The molecule has 0 bridgehead atoms. The second kappa shape index (κ2) is 5.65. The molecule has 1 aromatic heterocycles. The molecule has 3 aromatic rings. The quantitative estimate of drug-likeness (QED) is 0.731. The van der Waals surface area contributed by atoms with Crippen LogP contribution in [0.5, 0.6) is 0 Å². The fraction of sp³-hybridized carbons (Fsp3) is 0.0667. The van der Waals surface area contributed by atoms with Gasteiger partial charge < -0.3 is 10.3 Å². The molecular formula is C15H11BrFN3O. The summed E-state index contributed by atoms with van der Waals surface area (Å²) in [6.07, 6.45) is 0.521. The molecule has 0 saturated carbocycles. The van der Waals surface area contributed by atoms with E-state index in [2.05, 4.69) is 26.1 Å². The highest BCUT2D eigenvalue weighted by Crippen LogP contribution is 2.23. The first-order valence-electron chi connectivity index (χ1n) is 6.24. The van der Waals surface area contributed by atoms with Gasteiger partial charge in [-0.2, -0.15) is 4.98 Å². The van der Waals surface area contributed by atoms with Gasteiger partial charge in [0.1, 0.15) is 5.82 Å². The molecule has 4 nitrogen and oxygen atoms in total. The molecule has 1 heterocycles. The molecule has 2 N–H and O–H groups in total. The van der Waals surface area contributed by atoms with E-state index < -0.39 is 5.82 Å². The van der Waals surface area contributed by atoms with Crippen molar-refractivity contribution in [2.24, 2.45) is 0 Å². The Morgan fingerprint density at radius 3 is 2.62 bits per heavy atom. The highest BCUT2D eigenvalue weighted by atomic mass is 79.9. The van der Waals surface area contributed by atoms with E-state index in [0.29, 0.717) is 17.9 Å². The minimum Gasteiger partial charge on any atom is -0.399 e. The van der Waals surface area contributed by atoms with E-state index >= 15 is 0 Å². The molecule has 0 unspecified atom stereocenters. The number of hydrogen-bond donors (Lipinski definition) is 1. The third kappa shape index (κ3) is 3.11. The fourth-order valence-electron chi connectivity index (χ4n) is 1.92. The van der Waals surface area contributed by atoms with Gasteiger partial charge in [-0.25, -0.2) is 4.39 Å². The van der Waals surface area contributed by atoms with Gasteiger partial charge in [-0.15, -0.1) is 0 Å². The van der Waals surface area contributed by atoms with Gasteiger partial charge in [-0.3, -0.25) is 0 Å². The van der Waals surface area contributed by atoms with Crippen LogP contribution in [-0.4, -0.2) is 10.1 Å². The molecule has 106 valence electrons. The number of anilines is 1. The lowest BCUT2D eigenvalue weighted by atomic mass is 10.1. The van der Waals surface area contributed by atoms with Crippen molar-refractivity contribution < 1.29 is 8.91 Å². The van der Waals surface area contributed by atoms with Crippen molar-refractivity contribution in [3.05, 3.63) is 64.1 Å². The van der Waals surface area contributed by atoms with Crippen LogP contribution in [0, 0.1) is 5.82 Å². The van der Waals surface area contributed by atoms with Gasteiger partial charge in [0.05, 0.1) is 5.56 Å². The second-order valence-electron chi connectivity index (χ2n) is 4.56. The van der Waals surface area contributed by atoms with Crippen molar-refractivity contribution in [3.63, 3.8) is 0 Å². The first kappa shape index (κ1) is 13.8. The largest absolute Gasteiger partial charge is 0.399 e. The molecule has 3 rings (SSSR count). The van der Waals surface area contributed by atoms with Gasteiger partial charge >= 0.3 is 0 Å². The minimum absolute atomic E-state index is 0.152. The maximum absolute atomic E-state index is 13.8. The van der Waals surface area contributed by atoms with Crippen molar-refractivity contribution in [3.8, 4) is 11.5 Å². The number of benzene rings is 2. The zero-order valence-corrected chi connectivity index (χ0v) is 12.5. The summed E-state index contributed by atoms with van der Waals surface area (Å²) in [6.45, 7) is 0. The highest BCUT2D eigenvalue weighted by Gasteiger charge is 2.13. The average Bonchev–Trinajstić information content (AvgIpc) is 2.90. The fourth-order valence-corrected chi connectivity index (χ4v) is 2.19. The van der Waals surface area contributed by atoms with Crippen molar-refractivity contribution in [2.75, 3.05) is 5.73 Å². The molecule has 2 aromatic carbocycles. The summed E-state index contributed by atoms with van der Waals surface area (Å²) in [5.74, 6) is 0.178. The van der Waals surface area contributed by atoms with Crippen molar-refractivity contribution in [1.82, 2.24) is 10.1 Å². The Balaban J connectivity index is 1.84. The van der Waals surface area contributed by atoms with E-state index in [1.807, 2.05) is 24.3 Å². The van der Waals surface area contributed by atoms with Gasteiger partial charge in [0.2, 0.25) is 0 Å². The molecule has 0 amide bonds. The van der Waals surface area contributed by atoms with E-state index in [1.165, 1.54) is 12.1 Å². The molecule has 6 heteroatoms. The lowest BCUT2D eigenvalue weighted by Crippen LogP contribution is -1.92.